The molecule has 0 aliphatic heterocycles. The molecule has 4 nitrogen and oxygen atoms in total. The molecule has 1 fully saturated rings. The molecule has 0 bridgehead atoms. The van der Waals surface area contributed by atoms with Crippen molar-refractivity contribution < 1.29 is 26.7 Å². The lowest BCUT2D eigenvalue weighted by molar-refractivity contribution is -0.138. The molecular formula is C19H16F5N3O. The Kier molecular flexibility index (Phi) is 4.47. The molecule has 0 saturated heterocycles. The van der Waals surface area contributed by atoms with Gasteiger partial charge in [0.1, 0.15) is 23.3 Å². The molecule has 1 atom stereocenters. The Balaban J connectivity index is 1.74. The van der Waals surface area contributed by atoms with Gasteiger partial charge in [0.05, 0.1) is 0 Å². The van der Waals surface area contributed by atoms with Gasteiger partial charge in [-0.1, -0.05) is 0 Å². The number of aromatic nitrogens is 3. The van der Waals surface area contributed by atoms with Gasteiger partial charge in [0.25, 0.3) is 0 Å². The predicted molar refractivity (Wildman–Crippen MR) is 89.8 cm³/mol. The van der Waals surface area contributed by atoms with Crippen LogP contribution >= 0.6 is 0 Å². The lowest BCUT2D eigenvalue weighted by Crippen LogP contribution is -2.16. The Labute approximate surface area is 157 Å². The standard InChI is InChI=1S/C19H16F5N3O/c1-10(28-15-5-4-12(20)9-14(15)21)13-6-7-27-16(8-11-2-3-11)25-26-18(27)17(13)19(22,23)24/h4-7,9-11H,2-3,8H2,1H3. The number of benzene rings is 1. The van der Waals surface area contributed by atoms with Gasteiger partial charge in [-0.3, -0.25) is 4.40 Å². The lowest BCUT2D eigenvalue weighted by Gasteiger charge is -2.20. The molecule has 148 valence electrons. The second-order valence-corrected chi connectivity index (χ2v) is 6.94. The average Bonchev–Trinajstić information content (AvgIpc) is 3.34. The third kappa shape index (κ3) is 3.53. The van der Waals surface area contributed by atoms with Gasteiger partial charge in [0.2, 0.25) is 0 Å². The van der Waals surface area contributed by atoms with E-state index in [0.29, 0.717) is 24.2 Å². The van der Waals surface area contributed by atoms with E-state index in [2.05, 4.69) is 10.2 Å². The number of hydrogen-bond donors (Lipinski definition) is 0. The minimum absolute atomic E-state index is 0.200. The van der Waals surface area contributed by atoms with E-state index >= 15 is 0 Å². The fourth-order valence-electron chi connectivity index (χ4n) is 3.19. The highest BCUT2D eigenvalue weighted by Gasteiger charge is 2.39. The van der Waals surface area contributed by atoms with E-state index in [1.807, 2.05) is 0 Å². The zero-order chi connectivity index (χ0) is 20.1. The van der Waals surface area contributed by atoms with Gasteiger partial charge < -0.3 is 4.74 Å². The lowest BCUT2D eigenvalue weighted by atomic mass is 10.0. The van der Waals surface area contributed by atoms with Crippen LogP contribution in [0, 0.1) is 17.6 Å². The number of fused-ring (bicyclic) bond motifs is 1. The van der Waals surface area contributed by atoms with Gasteiger partial charge in [-0.2, -0.15) is 13.2 Å². The fourth-order valence-corrected chi connectivity index (χ4v) is 3.19. The summed E-state index contributed by atoms with van der Waals surface area (Å²) in [6.45, 7) is 1.37. The molecule has 28 heavy (non-hydrogen) atoms. The van der Waals surface area contributed by atoms with Crippen LogP contribution in [0.5, 0.6) is 5.75 Å². The molecule has 4 rings (SSSR count). The summed E-state index contributed by atoms with van der Waals surface area (Å²) in [6.07, 6.45) is -1.74. The van der Waals surface area contributed by atoms with Crippen molar-refractivity contribution in [2.24, 2.45) is 5.92 Å². The number of rotatable bonds is 5. The molecule has 1 aromatic carbocycles. The van der Waals surface area contributed by atoms with Gasteiger partial charge in [0.15, 0.2) is 17.2 Å². The molecule has 0 amide bonds. The van der Waals surface area contributed by atoms with E-state index in [4.69, 9.17) is 4.74 Å². The SMILES string of the molecule is CC(Oc1ccc(F)cc1F)c1ccn2c(CC3CC3)nnc2c1C(F)(F)F. The van der Waals surface area contributed by atoms with Crippen molar-refractivity contribution in [3.05, 3.63) is 59.0 Å². The first-order valence-electron chi connectivity index (χ1n) is 8.79. The molecule has 0 N–H and O–H groups in total. The first-order valence-corrected chi connectivity index (χ1v) is 8.79. The summed E-state index contributed by atoms with van der Waals surface area (Å²) in [5.74, 6) is -1.21. The molecular weight excluding hydrogens is 381 g/mol. The molecule has 2 heterocycles. The second kappa shape index (κ2) is 6.72. The highest BCUT2D eigenvalue weighted by Crippen LogP contribution is 2.39. The van der Waals surface area contributed by atoms with E-state index < -0.39 is 29.5 Å². The van der Waals surface area contributed by atoms with E-state index in [9.17, 15) is 22.0 Å². The van der Waals surface area contributed by atoms with Crippen molar-refractivity contribution in [3.8, 4) is 5.75 Å². The van der Waals surface area contributed by atoms with Gasteiger partial charge in [-0.25, -0.2) is 8.78 Å². The number of halogens is 5. The molecule has 0 spiro atoms. The van der Waals surface area contributed by atoms with Crippen molar-refractivity contribution in [1.29, 1.82) is 0 Å². The fraction of sp³-hybridized carbons (Fsp3) is 0.368. The van der Waals surface area contributed by atoms with Gasteiger partial charge in [-0.05, 0) is 43.9 Å². The maximum absolute atomic E-state index is 13.8. The predicted octanol–water partition coefficient (Wildman–Crippen LogP) is 5.12. The van der Waals surface area contributed by atoms with Crippen LogP contribution in [0.1, 0.15) is 42.8 Å². The summed E-state index contributed by atoms with van der Waals surface area (Å²) in [5.41, 5.74) is -1.48. The minimum atomic E-state index is -4.71. The number of nitrogens with zero attached hydrogens (tertiary/aromatic N) is 3. The number of pyridine rings is 1. The second-order valence-electron chi connectivity index (χ2n) is 6.94. The third-order valence-corrected chi connectivity index (χ3v) is 4.77. The average molecular weight is 397 g/mol. The van der Waals surface area contributed by atoms with Crippen LogP contribution in [0.15, 0.2) is 30.5 Å². The smallest absolute Gasteiger partial charge is 0.420 e. The first-order chi connectivity index (χ1) is 13.2. The molecule has 0 radical (unpaired) electrons. The minimum Gasteiger partial charge on any atom is -0.483 e. The number of alkyl halides is 3. The highest BCUT2D eigenvalue weighted by atomic mass is 19.4. The zero-order valence-electron chi connectivity index (χ0n) is 14.8. The maximum atomic E-state index is 13.8. The Morgan fingerprint density at radius 1 is 1.18 bits per heavy atom. The largest absolute Gasteiger partial charge is 0.483 e. The van der Waals surface area contributed by atoms with Crippen molar-refractivity contribution in [2.75, 3.05) is 0 Å². The normalized spacial score (nSPS) is 15.8. The molecule has 9 heteroatoms. The van der Waals surface area contributed by atoms with E-state index in [1.165, 1.54) is 23.6 Å². The van der Waals surface area contributed by atoms with Crippen molar-refractivity contribution in [3.63, 3.8) is 0 Å². The van der Waals surface area contributed by atoms with Crippen molar-refractivity contribution in [2.45, 2.75) is 38.5 Å². The number of ether oxygens (including phenoxy) is 1. The Morgan fingerprint density at radius 2 is 1.93 bits per heavy atom. The quantitative estimate of drug-likeness (QED) is 0.561. The molecule has 1 unspecified atom stereocenters. The van der Waals surface area contributed by atoms with Crippen LogP contribution in [0.4, 0.5) is 22.0 Å². The topological polar surface area (TPSA) is 39.4 Å². The van der Waals surface area contributed by atoms with Crippen LogP contribution in [-0.2, 0) is 12.6 Å². The Hall–Kier alpha value is -2.71. The summed E-state index contributed by atoms with van der Waals surface area (Å²) in [4.78, 5) is 0. The van der Waals surface area contributed by atoms with Crippen molar-refractivity contribution >= 4 is 5.65 Å². The summed E-state index contributed by atoms with van der Waals surface area (Å²) < 4.78 is 75.1. The van der Waals surface area contributed by atoms with E-state index in [-0.39, 0.29) is 17.0 Å². The summed E-state index contributed by atoms with van der Waals surface area (Å²) in [5, 5.41) is 7.69. The Morgan fingerprint density at radius 3 is 2.57 bits per heavy atom. The molecule has 1 aliphatic carbocycles. The van der Waals surface area contributed by atoms with Crippen LogP contribution in [0.3, 0.4) is 0 Å². The molecule has 1 saturated carbocycles. The van der Waals surface area contributed by atoms with E-state index in [1.54, 1.807) is 0 Å². The van der Waals surface area contributed by atoms with Gasteiger partial charge >= 0.3 is 6.18 Å². The monoisotopic (exact) mass is 397 g/mol. The van der Waals surface area contributed by atoms with Crippen LogP contribution in [0.2, 0.25) is 0 Å². The van der Waals surface area contributed by atoms with Crippen LogP contribution in [0.25, 0.3) is 5.65 Å². The maximum Gasteiger partial charge on any atom is 0.420 e. The van der Waals surface area contributed by atoms with Crippen molar-refractivity contribution in [1.82, 2.24) is 14.6 Å². The summed E-state index contributed by atoms with van der Waals surface area (Å²) >= 11 is 0. The Bertz CT molecular complexity index is 1030. The van der Waals surface area contributed by atoms with Gasteiger partial charge in [-0.15, -0.1) is 10.2 Å². The summed E-state index contributed by atoms with van der Waals surface area (Å²) in [7, 11) is 0. The molecule has 1 aliphatic rings. The van der Waals surface area contributed by atoms with Crippen LogP contribution < -0.4 is 4.74 Å². The zero-order valence-corrected chi connectivity index (χ0v) is 14.8. The highest BCUT2D eigenvalue weighted by molar-refractivity contribution is 5.54. The molecule has 3 aromatic rings. The van der Waals surface area contributed by atoms with Gasteiger partial charge in [0, 0.05) is 24.2 Å². The van der Waals surface area contributed by atoms with Crippen LogP contribution in [-0.4, -0.2) is 14.6 Å². The number of hydrogen-bond acceptors (Lipinski definition) is 3. The van der Waals surface area contributed by atoms with E-state index in [0.717, 1.165) is 25.0 Å². The third-order valence-electron chi connectivity index (χ3n) is 4.77. The molecule has 2 aromatic heterocycles. The first kappa shape index (κ1) is 18.6. The summed E-state index contributed by atoms with van der Waals surface area (Å²) in [6, 6.07) is 3.90.